The maximum absolute atomic E-state index is 9.91. The number of rotatable bonds is 2. The molecule has 1 saturated heterocycles. The summed E-state index contributed by atoms with van der Waals surface area (Å²) in [5, 5.41) is 9.91. The van der Waals surface area contributed by atoms with Crippen molar-refractivity contribution in [2.45, 2.75) is 44.4 Å². The van der Waals surface area contributed by atoms with Gasteiger partial charge in [0.15, 0.2) is 0 Å². The molecule has 0 amide bonds. The van der Waals surface area contributed by atoms with E-state index in [4.69, 9.17) is 4.74 Å². The Bertz CT molecular complexity index is 446. The first-order valence-corrected chi connectivity index (χ1v) is 6.83. The first-order chi connectivity index (χ1) is 8.68. The summed E-state index contributed by atoms with van der Waals surface area (Å²) in [6.45, 7) is 3.03. The molecule has 3 nitrogen and oxygen atoms in total. The second kappa shape index (κ2) is 4.56. The van der Waals surface area contributed by atoms with Gasteiger partial charge in [-0.3, -0.25) is 4.90 Å². The van der Waals surface area contributed by atoms with E-state index in [1.54, 1.807) is 6.07 Å². The van der Waals surface area contributed by atoms with E-state index in [0.29, 0.717) is 23.9 Å². The van der Waals surface area contributed by atoms with Crippen LogP contribution >= 0.6 is 0 Å². The average molecular weight is 247 g/mol. The highest BCUT2D eigenvalue weighted by molar-refractivity contribution is 5.44. The zero-order valence-corrected chi connectivity index (χ0v) is 11.1. The summed E-state index contributed by atoms with van der Waals surface area (Å²) in [4.78, 5) is 2.45. The van der Waals surface area contributed by atoms with Gasteiger partial charge in [-0.05, 0) is 50.4 Å². The molecule has 1 aliphatic heterocycles. The monoisotopic (exact) mass is 247 g/mol. The van der Waals surface area contributed by atoms with Crippen molar-refractivity contribution in [1.82, 2.24) is 4.90 Å². The van der Waals surface area contributed by atoms with E-state index in [0.717, 1.165) is 31.4 Å². The summed E-state index contributed by atoms with van der Waals surface area (Å²) >= 11 is 0. The van der Waals surface area contributed by atoms with Gasteiger partial charge in [0.2, 0.25) is 0 Å². The lowest BCUT2D eigenvalue weighted by Crippen LogP contribution is -2.38. The smallest absolute Gasteiger partial charge is 0.119 e. The van der Waals surface area contributed by atoms with Gasteiger partial charge in [-0.1, -0.05) is 12.1 Å². The van der Waals surface area contributed by atoms with Gasteiger partial charge >= 0.3 is 0 Å². The maximum atomic E-state index is 9.91. The van der Waals surface area contributed by atoms with Crippen molar-refractivity contribution >= 4 is 0 Å². The summed E-state index contributed by atoms with van der Waals surface area (Å²) in [5.74, 6) is 0.458. The molecular formula is C15H21NO2. The fraction of sp³-hybridized carbons (Fsp3) is 0.600. The molecule has 0 bridgehead atoms. The first-order valence-electron chi connectivity index (χ1n) is 6.83. The second-order valence-corrected chi connectivity index (χ2v) is 5.50. The Morgan fingerprint density at radius 3 is 2.89 bits per heavy atom. The molecule has 0 spiro atoms. The average Bonchev–Trinajstić information content (AvgIpc) is 2.95. The number of phenolic OH excluding ortho intramolecular Hbond substituents is 1. The van der Waals surface area contributed by atoms with Gasteiger partial charge < -0.3 is 9.84 Å². The molecule has 3 unspecified atom stereocenters. The second-order valence-electron chi connectivity index (χ2n) is 5.50. The van der Waals surface area contributed by atoms with Crippen molar-refractivity contribution in [3.63, 3.8) is 0 Å². The minimum atomic E-state index is 0.316. The first kappa shape index (κ1) is 12.0. The lowest BCUT2D eigenvalue weighted by molar-refractivity contribution is 0.0673. The minimum absolute atomic E-state index is 0.316. The van der Waals surface area contributed by atoms with Crippen LogP contribution in [-0.4, -0.2) is 35.8 Å². The van der Waals surface area contributed by atoms with Crippen molar-refractivity contribution in [3.05, 3.63) is 29.3 Å². The van der Waals surface area contributed by atoms with Gasteiger partial charge in [0.1, 0.15) is 5.75 Å². The van der Waals surface area contributed by atoms with Crippen LogP contribution in [0.4, 0.5) is 0 Å². The van der Waals surface area contributed by atoms with Gasteiger partial charge in [-0.25, -0.2) is 0 Å². The van der Waals surface area contributed by atoms with Gasteiger partial charge in [0.25, 0.3) is 0 Å². The zero-order chi connectivity index (χ0) is 12.7. The maximum Gasteiger partial charge on any atom is 0.119 e. The molecule has 1 aromatic carbocycles. The van der Waals surface area contributed by atoms with Gasteiger partial charge in [0, 0.05) is 18.7 Å². The van der Waals surface area contributed by atoms with E-state index in [9.17, 15) is 5.11 Å². The molecule has 1 heterocycles. The molecule has 3 rings (SSSR count). The highest BCUT2D eigenvalue weighted by Gasteiger charge is 2.35. The normalized spacial score (nSPS) is 30.9. The van der Waals surface area contributed by atoms with E-state index in [1.165, 1.54) is 5.56 Å². The van der Waals surface area contributed by atoms with Crippen molar-refractivity contribution < 1.29 is 9.84 Å². The Balaban J connectivity index is 1.85. The summed E-state index contributed by atoms with van der Waals surface area (Å²) in [6, 6.07) is 6.84. The number of ether oxygens (including phenoxy) is 1. The van der Waals surface area contributed by atoms with Crippen molar-refractivity contribution in [3.8, 4) is 5.75 Å². The summed E-state index contributed by atoms with van der Waals surface area (Å²) in [7, 11) is 2.19. The lowest BCUT2D eigenvalue weighted by Gasteiger charge is -2.32. The van der Waals surface area contributed by atoms with Crippen LogP contribution in [0.5, 0.6) is 5.75 Å². The predicted molar refractivity (Wildman–Crippen MR) is 70.8 cm³/mol. The van der Waals surface area contributed by atoms with Crippen LogP contribution in [0.15, 0.2) is 18.2 Å². The van der Waals surface area contributed by atoms with Gasteiger partial charge in [-0.2, -0.15) is 0 Å². The van der Waals surface area contributed by atoms with Crippen LogP contribution in [0.3, 0.4) is 0 Å². The molecule has 3 heteroatoms. The SMILES string of the molecule is CC1OCCC1N(C)C1CCc2c(O)cccc21. The highest BCUT2D eigenvalue weighted by Crippen LogP contribution is 2.41. The summed E-state index contributed by atoms with van der Waals surface area (Å²) in [5.41, 5.74) is 2.44. The Labute approximate surface area is 108 Å². The van der Waals surface area contributed by atoms with E-state index >= 15 is 0 Å². The summed E-state index contributed by atoms with van der Waals surface area (Å²) < 4.78 is 5.67. The van der Waals surface area contributed by atoms with Gasteiger partial charge in [-0.15, -0.1) is 0 Å². The number of hydrogen-bond donors (Lipinski definition) is 1. The Morgan fingerprint density at radius 2 is 2.17 bits per heavy atom. The molecule has 18 heavy (non-hydrogen) atoms. The van der Waals surface area contributed by atoms with Crippen LogP contribution in [0.25, 0.3) is 0 Å². The molecule has 3 atom stereocenters. The summed E-state index contributed by atoms with van der Waals surface area (Å²) in [6.07, 6.45) is 3.52. The standard InChI is InChI=1S/C15H21NO2/c1-10-13(8-9-18-10)16(2)14-7-6-12-11(14)4-3-5-15(12)17/h3-5,10,13-14,17H,6-9H2,1-2H3. The molecule has 0 saturated carbocycles. The van der Waals surface area contributed by atoms with Gasteiger partial charge in [0.05, 0.1) is 6.10 Å². The Kier molecular flexibility index (Phi) is 3.04. The van der Waals surface area contributed by atoms with Crippen molar-refractivity contribution in [2.24, 2.45) is 0 Å². The number of fused-ring (bicyclic) bond motifs is 1. The fourth-order valence-corrected chi connectivity index (χ4v) is 3.52. The van der Waals surface area contributed by atoms with Crippen LogP contribution in [-0.2, 0) is 11.2 Å². The molecule has 0 radical (unpaired) electrons. The van der Waals surface area contributed by atoms with Crippen LogP contribution in [0, 0.1) is 0 Å². The molecule has 1 fully saturated rings. The van der Waals surface area contributed by atoms with Crippen molar-refractivity contribution in [1.29, 1.82) is 0 Å². The molecule has 1 aromatic rings. The largest absolute Gasteiger partial charge is 0.508 e. The predicted octanol–water partition coefficient (Wildman–Crippen LogP) is 2.49. The minimum Gasteiger partial charge on any atom is -0.508 e. The number of likely N-dealkylation sites (N-methyl/N-ethyl adjacent to an activating group) is 1. The number of hydrogen-bond acceptors (Lipinski definition) is 3. The Morgan fingerprint density at radius 1 is 1.33 bits per heavy atom. The lowest BCUT2D eigenvalue weighted by atomic mass is 10.0. The topological polar surface area (TPSA) is 32.7 Å². The third kappa shape index (κ3) is 1.82. The quantitative estimate of drug-likeness (QED) is 0.871. The number of phenols is 1. The highest BCUT2D eigenvalue weighted by atomic mass is 16.5. The number of benzene rings is 1. The van der Waals surface area contributed by atoms with E-state index in [-0.39, 0.29) is 0 Å². The fourth-order valence-electron chi connectivity index (χ4n) is 3.52. The number of aromatic hydroxyl groups is 1. The molecular weight excluding hydrogens is 226 g/mol. The molecule has 0 aromatic heterocycles. The van der Waals surface area contributed by atoms with Crippen molar-refractivity contribution in [2.75, 3.05) is 13.7 Å². The molecule has 98 valence electrons. The van der Waals surface area contributed by atoms with E-state index in [1.807, 2.05) is 6.07 Å². The van der Waals surface area contributed by atoms with E-state index < -0.39 is 0 Å². The molecule has 2 aliphatic rings. The van der Waals surface area contributed by atoms with E-state index in [2.05, 4.69) is 24.9 Å². The third-order valence-corrected chi connectivity index (χ3v) is 4.57. The third-order valence-electron chi connectivity index (χ3n) is 4.57. The molecule has 1 aliphatic carbocycles. The van der Waals surface area contributed by atoms with Crippen LogP contribution < -0.4 is 0 Å². The van der Waals surface area contributed by atoms with Crippen LogP contribution in [0.2, 0.25) is 0 Å². The van der Waals surface area contributed by atoms with Crippen LogP contribution in [0.1, 0.15) is 36.9 Å². The zero-order valence-electron chi connectivity index (χ0n) is 11.1. The Hall–Kier alpha value is -1.06. The number of nitrogens with zero attached hydrogens (tertiary/aromatic N) is 1. The molecule has 1 N–H and O–H groups in total.